The Morgan fingerprint density at radius 2 is 1.09 bits per heavy atom. The molecule has 14 nitrogen and oxygen atoms in total. The fourth-order valence-electron chi connectivity index (χ4n) is 11.6. The summed E-state index contributed by atoms with van der Waals surface area (Å²) in [5, 5.41) is 0.599. The molecule has 1 saturated heterocycles. The maximum atomic E-state index is 15.3. The first-order valence-electron chi connectivity index (χ1n) is 26.1. The van der Waals surface area contributed by atoms with Crippen molar-refractivity contribution in [2.24, 2.45) is 25.9 Å². The number of halogens is 6. The van der Waals surface area contributed by atoms with Gasteiger partial charge in [-0.2, -0.15) is 0 Å². The highest BCUT2D eigenvalue weighted by Gasteiger charge is 2.43. The number of hydrogen-bond donors (Lipinski definition) is 0. The lowest BCUT2D eigenvalue weighted by atomic mass is 9.89. The van der Waals surface area contributed by atoms with Crippen molar-refractivity contribution in [3.63, 3.8) is 0 Å². The molecule has 0 spiro atoms. The number of imidazole rings is 2. The van der Waals surface area contributed by atoms with Crippen LogP contribution in [0.25, 0.3) is 11.4 Å². The van der Waals surface area contributed by atoms with Crippen LogP contribution in [0.5, 0.6) is 11.5 Å². The van der Waals surface area contributed by atoms with E-state index in [1.165, 1.54) is 94.4 Å². The van der Waals surface area contributed by atoms with Gasteiger partial charge in [0.1, 0.15) is 30.3 Å². The average Bonchev–Trinajstić information content (AvgIpc) is 4.47. The van der Waals surface area contributed by atoms with Crippen LogP contribution in [0.3, 0.4) is 0 Å². The minimum Gasteiger partial charge on any atom is -0.482 e. The zero-order valence-corrected chi connectivity index (χ0v) is 45.3. The molecule has 0 N–H and O–H groups in total. The molecule has 4 aliphatic carbocycles. The molecule has 420 valence electrons. The molecule has 11 rings (SSSR count). The number of nitrogens with zero attached hydrogens (tertiary/aromatic N) is 7. The predicted octanol–water partition coefficient (Wildman–Crippen LogP) is 11.6. The Morgan fingerprint density at radius 3 is 1.56 bits per heavy atom. The number of aryl methyl sites for hydroxylation is 2. The van der Waals surface area contributed by atoms with E-state index in [9.17, 15) is 32.8 Å². The van der Waals surface area contributed by atoms with Crippen LogP contribution in [-0.2, 0) is 36.5 Å². The van der Waals surface area contributed by atoms with Gasteiger partial charge < -0.3 is 18.6 Å². The molecule has 2 saturated carbocycles. The number of barbiturate groups is 1. The van der Waals surface area contributed by atoms with E-state index >= 15 is 8.78 Å². The second-order valence-electron chi connectivity index (χ2n) is 20.8. The Balaban J connectivity index is 0.000000173. The van der Waals surface area contributed by atoms with Gasteiger partial charge in [0.05, 0.1) is 17.4 Å². The highest BCUT2D eigenvalue weighted by atomic mass is 35.5. The van der Waals surface area contributed by atoms with Crippen LogP contribution in [0.2, 0.25) is 10.0 Å². The normalized spacial score (nSPS) is 19.9. The van der Waals surface area contributed by atoms with Gasteiger partial charge in [-0.25, -0.2) is 31.9 Å². The maximum Gasteiger partial charge on any atom is 0.332 e. The number of amides is 4. The van der Waals surface area contributed by atoms with E-state index in [0.717, 1.165) is 41.9 Å². The zero-order valence-electron chi connectivity index (χ0n) is 43.8. The third-order valence-corrected chi connectivity index (χ3v) is 16.2. The zero-order chi connectivity index (χ0) is 55.7. The van der Waals surface area contributed by atoms with Crippen molar-refractivity contribution in [2.75, 3.05) is 20.6 Å². The van der Waals surface area contributed by atoms with Gasteiger partial charge in [0, 0.05) is 105 Å². The van der Waals surface area contributed by atoms with Gasteiger partial charge in [-0.05, 0) is 97.7 Å². The van der Waals surface area contributed by atoms with Crippen LogP contribution in [0.1, 0.15) is 106 Å². The monoisotopic (exact) mass is 1130 g/mol. The summed E-state index contributed by atoms with van der Waals surface area (Å²) in [4.78, 5) is 61.2. The molecule has 5 aliphatic rings. The number of rotatable bonds is 12. The summed E-state index contributed by atoms with van der Waals surface area (Å²) in [7, 11) is 5.98. The smallest absolute Gasteiger partial charge is 0.332 e. The van der Waals surface area contributed by atoms with Crippen molar-refractivity contribution in [3.8, 4) is 22.9 Å². The largest absolute Gasteiger partial charge is 0.482 e. The molecule has 0 bridgehead atoms. The number of carbonyl (C=O) groups is 3. The molecule has 1 aliphatic heterocycles. The SMILES string of the molecule is C.C=CCN(C1CCCC1)[C@H]1Cc2c(F)cc(Cl)cc2[C@@H]1Oc1ccc(-n2ccn(C)c2=O)cc1F.CN1C(=O)CC(=O)N(C)C1=O.Cn1ccn(-c2ccc(O[C@H]3c4cc(Cl)cc(F)c4C[C@@H]3CC3CCCC3)c(F)c2)c1=O. The lowest BCUT2D eigenvalue weighted by Gasteiger charge is -2.37. The van der Waals surface area contributed by atoms with Gasteiger partial charge >= 0.3 is 17.4 Å². The minimum absolute atomic E-state index is 0. The maximum absolute atomic E-state index is 15.3. The summed E-state index contributed by atoms with van der Waals surface area (Å²) < 4.78 is 78.0. The van der Waals surface area contributed by atoms with E-state index < -0.39 is 41.7 Å². The molecule has 0 unspecified atom stereocenters. The lowest BCUT2D eigenvalue weighted by molar-refractivity contribution is -0.140. The third kappa shape index (κ3) is 12.3. The van der Waals surface area contributed by atoms with E-state index in [2.05, 4.69) is 11.5 Å². The highest BCUT2D eigenvalue weighted by molar-refractivity contribution is 6.31. The Morgan fingerprint density at radius 1 is 0.620 bits per heavy atom. The Kier molecular flexibility index (Phi) is 18.2. The number of carbonyl (C=O) groups excluding carboxylic acids is 3. The van der Waals surface area contributed by atoms with Gasteiger partial charge in [-0.15, -0.1) is 6.58 Å². The van der Waals surface area contributed by atoms with E-state index in [4.69, 9.17) is 32.7 Å². The van der Waals surface area contributed by atoms with Gasteiger partial charge in [-0.1, -0.05) is 75.2 Å². The molecular weight excluding hydrogens is 1070 g/mol. The van der Waals surface area contributed by atoms with Crippen molar-refractivity contribution in [1.82, 2.24) is 33.0 Å². The minimum atomic E-state index is -0.599. The van der Waals surface area contributed by atoms with Gasteiger partial charge in [0.15, 0.2) is 23.1 Å². The number of aromatic nitrogens is 4. The first-order valence-corrected chi connectivity index (χ1v) is 26.9. The van der Waals surface area contributed by atoms with Gasteiger partial charge in [0.2, 0.25) is 11.8 Å². The van der Waals surface area contributed by atoms with Crippen LogP contribution < -0.4 is 20.9 Å². The number of imide groups is 2. The Bertz CT molecular complexity index is 3360. The van der Waals surface area contributed by atoms with Crippen molar-refractivity contribution in [3.05, 3.63) is 175 Å². The molecule has 4 amide bonds. The number of urea groups is 1. The van der Waals surface area contributed by atoms with E-state index in [0.29, 0.717) is 70.0 Å². The van der Waals surface area contributed by atoms with Gasteiger partial charge in [-0.3, -0.25) is 33.4 Å². The third-order valence-electron chi connectivity index (χ3n) is 15.7. The second-order valence-corrected chi connectivity index (χ2v) is 21.6. The molecule has 4 aromatic carbocycles. The van der Waals surface area contributed by atoms with Crippen molar-refractivity contribution >= 4 is 41.0 Å². The molecule has 2 aromatic heterocycles. The first-order chi connectivity index (χ1) is 37.3. The van der Waals surface area contributed by atoms with Crippen molar-refractivity contribution in [2.45, 2.75) is 109 Å². The molecule has 20 heteroatoms. The van der Waals surface area contributed by atoms with Crippen LogP contribution in [0, 0.1) is 35.1 Å². The number of fused-ring (bicyclic) bond motifs is 2. The lowest BCUT2D eigenvalue weighted by Crippen LogP contribution is -2.51. The summed E-state index contributed by atoms with van der Waals surface area (Å²) in [5.74, 6) is -1.94. The fraction of sp³-hybridized carbons (Fsp3) is 0.407. The van der Waals surface area contributed by atoms with Crippen LogP contribution in [0.4, 0.5) is 22.4 Å². The van der Waals surface area contributed by atoms with Crippen LogP contribution in [-0.4, -0.2) is 83.5 Å². The van der Waals surface area contributed by atoms with Gasteiger partial charge in [0.25, 0.3) is 0 Å². The van der Waals surface area contributed by atoms with Crippen molar-refractivity contribution < 1.29 is 41.4 Å². The summed E-state index contributed by atoms with van der Waals surface area (Å²) in [6, 6.07) is 14.6. The summed E-state index contributed by atoms with van der Waals surface area (Å²) in [6.07, 6.45) is 18.2. The molecule has 4 atom stereocenters. The Labute approximate surface area is 466 Å². The quantitative estimate of drug-likeness (QED) is 0.0672. The Hall–Kier alpha value is -6.89. The second kappa shape index (κ2) is 24.6. The molecular formula is C59H65Cl2F4N7O7. The van der Waals surface area contributed by atoms with E-state index in [1.807, 2.05) is 6.08 Å². The number of hydrogen-bond acceptors (Lipinski definition) is 8. The average molecular weight is 1130 g/mol. The summed E-state index contributed by atoms with van der Waals surface area (Å²) in [6.45, 7) is 4.56. The topological polar surface area (TPSA) is 133 Å². The standard InChI is InChI=1S/C27H28ClF2N3O2.C25H25ClF2N2O2.C6H8N2O3.CH4/c1-3-10-32(18-6-4-5-7-18)24-16-20-21(13-17(28)14-22(20)29)26(24)35-25-9-8-19(15-23(25)30)33-12-11-31(2)27(33)34;1-29-8-9-30(25(29)31)18-6-7-23(22(28)14-18)32-24-16(10-15-4-2-3-5-15)11-19-20(24)12-17(26)13-21(19)27;1-7-4(9)3-5(10)8(2)6(7)11;/h3,8-9,11-15,18,24,26H,1,4-7,10,16H2,2H3;6-9,12-16,24H,2-5,10-11H2,1H3;3H2,1-2H3;1H4/t24-,26-;16-,24+;;/m00../s1. The predicted molar refractivity (Wildman–Crippen MR) is 294 cm³/mol. The number of benzene rings is 4. The number of ether oxygens (including phenoxy) is 2. The molecule has 0 radical (unpaired) electrons. The molecule has 79 heavy (non-hydrogen) atoms. The van der Waals surface area contributed by atoms with Crippen LogP contribution in [0.15, 0.2) is 108 Å². The summed E-state index contributed by atoms with van der Waals surface area (Å²) >= 11 is 12.4. The molecule has 6 aromatic rings. The van der Waals surface area contributed by atoms with Crippen molar-refractivity contribution in [1.29, 1.82) is 0 Å². The fourth-order valence-corrected chi connectivity index (χ4v) is 12.0. The molecule has 3 fully saturated rings. The first kappa shape index (κ1) is 58.3. The summed E-state index contributed by atoms with van der Waals surface area (Å²) in [5.41, 5.74) is 2.82. The molecule has 3 heterocycles. The van der Waals surface area contributed by atoms with Crippen LogP contribution >= 0.6 is 23.2 Å². The van der Waals surface area contributed by atoms with E-state index in [1.54, 1.807) is 63.1 Å². The van der Waals surface area contributed by atoms with E-state index in [-0.39, 0.29) is 65.3 Å². The highest BCUT2D eigenvalue weighted by Crippen LogP contribution is 2.47.